The number of carbonyl (C=O) groups is 3. The van der Waals surface area contributed by atoms with Gasteiger partial charge in [-0.05, 0) is 56.0 Å². The van der Waals surface area contributed by atoms with Crippen LogP contribution in [0.25, 0.3) is 0 Å². The molecule has 1 unspecified atom stereocenters. The first-order valence-corrected chi connectivity index (χ1v) is 10.5. The minimum atomic E-state index is -0.662. The van der Waals surface area contributed by atoms with Gasteiger partial charge >= 0.3 is 0 Å². The zero-order valence-corrected chi connectivity index (χ0v) is 17.9. The van der Waals surface area contributed by atoms with Crippen LogP contribution in [0.2, 0.25) is 0 Å². The van der Waals surface area contributed by atoms with Crippen molar-refractivity contribution in [2.24, 2.45) is 5.92 Å². The van der Waals surface area contributed by atoms with Crippen LogP contribution < -0.4 is 16.0 Å². The van der Waals surface area contributed by atoms with Gasteiger partial charge < -0.3 is 10.6 Å². The quantitative estimate of drug-likeness (QED) is 0.692. The van der Waals surface area contributed by atoms with Gasteiger partial charge in [0.2, 0.25) is 17.7 Å². The van der Waals surface area contributed by atoms with Crippen molar-refractivity contribution in [1.29, 1.82) is 0 Å². The van der Waals surface area contributed by atoms with Crippen molar-refractivity contribution in [2.45, 2.75) is 65.7 Å². The van der Waals surface area contributed by atoms with Crippen LogP contribution in [-0.4, -0.2) is 30.8 Å². The van der Waals surface area contributed by atoms with E-state index in [9.17, 15) is 14.4 Å². The Morgan fingerprint density at radius 2 is 1.61 bits per heavy atom. The second-order valence-electron chi connectivity index (χ2n) is 6.63. The molecule has 6 heteroatoms. The number of imide groups is 1. The van der Waals surface area contributed by atoms with E-state index in [1.54, 1.807) is 0 Å². The van der Waals surface area contributed by atoms with Crippen molar-refractivity contribution >= 4 is 23.4 Å². The largest absolute Gasteiger partial charge is 0.326 e. The summed E-state index contributed by atoms with van der Waals surface area (Å²) in [6.45, 7) is 11.2. The monoisotopic (exact) mass is 389 g/mol. The standard InChI is InChI=1S/C18H23N3O3.2C2H6/c1-12(22)20-15-4-2-13(3-5-15)18(14-7-10-19-11-8-14)9-6-16(23)21-17(18)24;2*1-2/h2-5,14,19H,6-11H2,1H3,(H,20,22)(H,21,23,24);2*1-2H3. The Hall–Kier alpha value is -2.21. The Morgan fingerprint density at radius 1 is 1.04 bits per heavy atom. The van der Waals surface area contributed by atoms with Gasteiger partial charge in [-0.2, -0.15) is 0 Å². The predicted octanol–water partition coefficient (Wildman–Crippen LogP) is 3.37. The zero-order chi connectivity index (χ0) is 21.2. The number of amides is 3. The minimum Gasteiger partial charge on any atom is -0.326 e. The summed E-state index contributed by atoms with van der Waals surface area (Å²) in [5, 5.41) is 8.62. The first kappa shape index (κ1) is 23.8. The van der Waals surface area contributed by atoms with Crippen LogP contribution in [0.5, 0.6) is 0 Å². The molecule has 0 aromatic heterocycles. The lowest BCUT2D eigenvalue weighted by Gasteiger charge is -2.44. The van der Waals surface area contributed by atoms with E-state index in [1.165, 1.54) is 6.92 Å². The van der Waals surface area contributed by atoms with Gasteiger partial charge in [0.25, 0.3) is 0 Å². The lowest BCUT2D eigenvalue weighted by Crippen LogP contribution is -2.57. The Kier molecular flexibility index (Phi) is 9.87. The van der Waals surface area contributed by atoms with Crippen LogP contribution in [0, 0.1) is 5.92 Å². The molecule has 2 saturated heterocycles. The molecule has 2 aliphatic heterocycles. The highest BCUT2D eigenvalue weighted by molar-refractivity contribution is 6.03. The summed E-state index contributed by atoms with van der Waals surface area (Å²) < 4.78 is 0. The number of rotatable bonds is 3. The van der Waals surface area contributed by atoms with E-state index in [2.05, 4.69) is 16.0 Å². The van der Waals surface area contributed by atoms with Crippen molar-refractivity contribution in [2.75, 3.05) is 18.4 Å². The summed E-state index contributed by atoms with van der Waals surface area (Å²) in [4.78, 5) is 35.7. The lowest BCUT2D eigenvalue weighted by atomic mass is 9.62. The Balaban J connectivity index is 0.000000921. The highest BCUT2D eigenvalue weighted by Gasteiger charge is 2.49. The Bertz CT molecular complexity index is 651. The first-order valence-electron chi connectivity index (χ1n) is 10.5. The van der Waals surface area contributed by atoms with Gasteiger partial charge in [-0.3, -0.25) is 19.7 Å². The molecule has 3 rings (SSSR count). The van der Waals surface area contributed by atoms with E-state index in [0.29, 0.717) is 18.5 Å². The van der Waals surface area contributed by atoms with E-state index in [0.717, 1.165) is 31.5 Å². The topological polar surface area (TPSA) is 87.3 Å². The molecule has 1 atom stereocenters. The normalized spacial score (nSPS) is 22.0. The molecule has 2 fully saturated rings. The van der Waals surface area contributed by atoms with Crippen molar-refractivity contribution in [3.8, 4) is 0 Å². The fraction of sp³-hybridized carbons (Fsp3) is 0.591. The van der Waals surface area contributed by atoms with Crippen LogP contribution in [0.3, 0.4) is 0 Å². The van der Waals surface area contributed by atoms with Crippen LogP contribution in [-0.2, 0) is 19.8 Å². The van der Waals surface area contributed by atoms with Crippen molar-refractivity contribution in [1.82, 2.24) is 10.6 Å². The van der Waals surface area contributed by atoms with Gasteiger partial charge in [0.1, 0.15) is 0 Å². The van der Waals surface area contributed by atoms with Crippen molar-refractivity contribution in [3.63, 3.8) is 0 Å². The summed E-state index contributed by atoms with van der Waals surface area (Å²) in [5.41, 5.74) is 0.970. The van der Waals surface area contributed by atoms with Crippen LogP contribution in [0.1, 0.15) is 65.9 Å². The average Bonchev–Trinajstić information content (AvgIpc) is 2.72. The molecule has 0 bridgehead atoms. The van der Waals surface area contributed by atoms with Crippen LogP contribution in [0.15, 0.2) is 24.3 Å². The number of benzene rings is 1. The predicted molar refractivity (Wildman–Crippen MR) is 113 cm³/mol. The number of nitrogens with one attached hydrogen (secondary N) is 3. The molecule has 0 radical (unpaired) electrons. The smallest absolute Gasteiger partial charge is 0.237 e. The molecule has 0 saturated carbocycles. The van der Waals surface area contributed by atoms with E-state index >= 15 is 0 Å². The van der Waals surface area contributed by atoms with Crippen LogP contribution in [0.4, 0.5) is 5.69 Å². The number of hydrogen-bond donors (Lipinski definition) is 3. The summed E-state index contributed by atoms with van der Waals surface area (Å²) in [7, 11) is 0. The molecule has 2 heterocycles. The number of hydrogen-bond acceptors (Lipinski definition) is 4. The van der Waals surface area contributed by atoms with E-state index < -0.39 is 5.41 Å². The number of piperidine rings is 2. The molecule has 1 aromatic carbocycles. The van der Waals surface area contributed by atoms with Gasteiger partial charge in [-0.25, -0.2) is 0 Å². The molecule has 2 aliphatic rings. The van der Waals surface area contributed by atoms with Gasteiger partial charge in [-0.1, -0.05) is 39.8 Å². The SMILES string of the molecule is CC.CC.CC(=O)Nc1ccc(C2(C3CCNCC3)CCC(=O)NC2=O)cc1. The fourth-order valence-corrected chi connectivity index (χ4v) is 3.99. The maximum Gasteiger partial charge on any atom is 0.237 e. The molecule has 28 heavy (non-hydrogen) atoms. The van der Waals surface area contributed by atoms with Gasteiger partial charge in [-0.15, -0.1) is 0 Å². The molecule has 3 amide bonds. The molecular weight excluding hydrogens is 354 g/mol. The lowest BCUT2D eigenvalue weighted by molar-refractivity contribution is -0.140. The van der Waals surface area contributed by atoms with E-state index in [4.69, 9.17) is 0 Å². The number of carbonyl (C=O) groups excluding carboxylic acids is 3. The average molecular weight is 390 g/mol. The van der Waals surface area contributed by atoms with E-state index in [-0.39, 0.29) is 23.6 Å². The Morgan fingerprint density at radius 3 is 2.11 bits per heavy atom. The van der Waals surface area contributed by atoms with Crippen molar-refractivity contribution in [3.05, 3.63) is 29.8 Å². The zero-order valence-electron chi connectivity index (χ0n) is 17.9. The second-order valence-corrected chi connectivity index (χ2v) is 6.63. The van der Waals surface area contributed by atoms with Crippen LogP contribution >= 0.6 is 0 Å². The molecule has 3 N–H and O–H groups in total. The minimum absolute atomic E-state index is 0.128. The highest BCUT2D eigenvalue weighted by Crippen LogP contribution is 2.43. The van der Waals surface area contributed by atoms with Gasteiger partial charge in [0.05, 0.1) is 5.41 Å². The first-order chi connectivity index (χ1) is 13.5. The fourth-order valence-electron chi connectivity index (χ4n) is 3.99. The van der Waals surface area contributed by atoms with Crippen molar-refractivity contribution < 1.29 is 14.4 Å². The molecule has 6 nitrogen and oxygen atoms in total. The van der Waals surface area contributed by atoms with E-state index in [1.807, 2.05) is 52.0 Å². The Labute approximate surface area is 168 Å². The van der Waals surface area contributed by atoms with Gasteiger partial charge in [0, 0.05) is 19.0 Å². The third-order valence-corrected chi connectivity index (χ3v) is 5.16. The molecular formula is C22H35N3O3. The number of anilines is 1. The summed E-state index contributed by atoms with van der Waals surface area (Å²) in [6, 6.07) is 7.46. The summed E-state index contributed by atoms with van der Waals surface area (Å²) >= 11 is 0. The molecule has 156 valence electrons. The maximum atomic E-state index is 12.9. The summed E-state index contributed by atoms with van der Waals surface area (Å²) in [6.07, 6.45) is 2.73. The second kappa shape index (κ2) is 11.6. The third-order valence-electron chi connectivity index (χ3n) is 5.16. The third kappa shape index (κ3) is 5.41. The molecule has 0 spiro atoms. The highest BCUT2D eigenvalue weighted by atomic mass is 16.2. The molecule has 1 aromatic rings. The molecule has 0 aliphatic carbocycles. The van der Waals surface area contributed by atoms with Gasteiger partial charge in [0.15, 0.2) is 0 Å². The summed E-state index contributed by atoms with van der Waals surface area (Å²) in [5.74, 6) is -0.298. The maximum absolute atomic E-state index is 12.9.